The summed E-state index contributed by atoms with van der Waals surface area (Å²) in [4.78, 5) is 27.8. The Bertz CT molecular complexity index is 999. The maximum absolute atomic E-state index is 14.4. The normalized spacial score (nSPS) is 50.3. The van der Waals surface area contributed by atoms with Crippen molar-refractivity contribution in [3.8, 4) is 0 Å². The minimum absolute atomic E-state index is 0.0387. The molecule has 5 fully saturated rings. The van der Waals surface area contributed by atoms with Crippen LogP contribution in [0.3, 0.4) is 0 Å². The Balaban J connectivity index is 1.59. The van der Waals surface area contributed by atoms with Gasteiger partial charge in [0.1, 0.15) is 5.78 Å². The Morgan fingerprint density at radius 1 is 0.917 bits per heavy atom. The van der Waals surface area contributed by atoms with Crippen LogP contribution < -0.4 is 0 Å². The first-order valence-corrected chi connectivity index (χ1v) is 14.5. The molecule has 5 aliphatic rings. The SMILES string of the molecule is COC(=O)[C@]12CCC(C)(C)C[C@H]1[C@H]1C(=O)C[C@@H]3[C@@]4(C)CC/C(=N\O)C(C)(C)[C@@H]4CC[C@@]3(C)[C@]1(C)CC2. The standard InChI is InChI=1S/C31H49NO4/c1-26(2)13-15-31(25(34)36-8)16-14-30(7)24(19(31)18-26)20(33)17-22-28(5)11-10-23(32-35)27(3,4)21(28)9-12-29(22,30)6/h19,21-22,24,35H,9-18H2,1-8H3/b32-23+/t19-,21-,22+,24-,28-,29+,30+,31-/m0/s1. The fraction of sp³-hybridized carbons (Fsp3) is 0.903. The fourth-order valence-electron chi connectivity index (χ4n) is 11.3. The van der Waals surface area contributed by atoms with E-state index in [1.807, 2.05) is 0 Å². The van der Waals surface area contributed by atoms with Crippen molar-refractivity contribution < 1.29 is 19.5 Å². The molecule has 0 aromatic rings. The predicted molar refractivity (Wildman–Crippen MR) is 141 cm³/mol. The molecular formula is C31H49NO4. The number of oxime groups is 1. The van der Waals surface area contributed by atoms with Crippen molar-refractivity contribution in [2.45, 2.75) is 113 Å². The van der Waals surface area contributed by atoms with Crippen molar-refractivity contribution in [3.05, 3.63) is 0 Å². The van der Waals surface area contributed by atoms with Gasteiger partial charge in [-0.25, -0.2) is 0 Å². The van der Waals surface area contributed by atoms with E-state index in [9.17, 15) is 14.8 Å². The summed E-state index contributed by atoms with van der Waals surface area (Å²) in [6, 6.07) is 0. The number of ketones is 1. The number of ether oxygens (including phenoxy) is 1. The molecule has 0 radical (unpaired) electrons. The molecule has 5 heteroatoms. The molecule has 0 bridgehead atoms. The first-order valence-electron chi connectivity index (χ1n) is 14.5. The second-order valence-electron chi connectivity index (χ2n) is 15.5. The third kappa shape index (κ3) is 3.09. The van der Waals surface area contributed by atoms with E-state index in [2.05, 4.69) is 53.6 Å². The van der Waals surface area contributed by atoms with E-state index in [0.717, 1.165) is 63.5 Å². The Hall–Kier alpha value is -1.39. The summed E-state index contributed by atoms with van der Waals surface area (Å²) in [7, 11) is 1.53. The van der Waals surface area contributed by atoms with Crippen molar-refractivity contribution in [2.24, 2.45) is 61.3 Å². The van der Waals surface area contributed by atoms with Crippen LogP contribution in [-0.2, 0) is 14.3 Å². The topological polar surface area (TPSA) is 76.0 Å². The van der Waals surface area contributed by atoms with E-state index in [-0.39, 0.29) is 44.9 Å². The molecule has 0 aromatic heterocycles. The van der Waals surface area contributed by atoms with Crippen LogP contribution in [0.5, 0.6) is 0 Å². The van der Waals surface area contributed by atoms with Crippen molar-refractivity contribution in [1.29, 1.82) is 0 Å². The molecule has 202 valence electrons. The molecule has 5 rings (SSSR count). The minimum atomic E-state index is -0.506. The smallest absolute Gasteiger partial charge is 0.312 e. The van der Waals surface area contributed by atoms with Gasteiger partial charge in [0.2, 0.25) is 0 Å². The van der Waals surface area contributed by atoms with E-state index < -0.39 is 5.41 Å². The van der Waals surface area contributed by atoms with Gasteiger partial charge in [-0.2, -0.15) is 0 Å². The molecule has 0 spiro atoms. The molecule has 0 amide bonds. The lowest BCUT2D eigenvalue weighted by Crippen LogP contribution is -2.69. The lowest BCUT2D eigenvalue weighted by atomic mass is 9.31. The van der Waals surface area contributed by atoms with Gasteiger partial charge < -0.3 is 9.94 Å². The molecule has 0 unspecified atom stereocenters. The van der Waals surface area contributed by atoms with E-state index in [4.69, 9.17) is 4.74 Å². The first-order chi connectivity index (χ1) is 16.6. The van der Waals surface area contributed by atoms with Crippen LogP contribution in [0.25, 0.3) is 0 Å². The highest BCUT2D eigenvalue weighted by Gasteiger charge is 2.73. The van der Waals surface area contributed by atoms with Crippen LogP contribution in [0.15, 0.2) is 5.16 Å². The predicted octanol–water partition coefficient (Wildman–Crippen LogP) is 7.05. The van der Waals surface area contributed by atoms with Gasteiger partial charge in [-0.3, -0.25) is 9.59 Å². The summed E-state index contributed by atoms with van der Waals surface area (Å²) in [6.07, 6.45) is 9.17. The Morgan fingerprint density at radius 2 is 1.58 bits per heavy atom. The minimum Gasteiger partial charge on any atom is -0.469 e. The summed E-state index contributed by atoms with van der Waals surface area (Å²) >= 11 is 0. The number of carbonyl (C=O) groups excluding carboxylic acids is 2. The van der Waals surface area contributed by atoms with Crippen LogP contribution in [0, 0.1) is 56.2 Å². The molecule has 1 N–H and O–H groups in total. The van der Waals surface area contributed by atoms with Crippen molar-refractivity contribution in [2.75, 3.05) is 7.11 Å². The summed E-state index contributed by atoms with van der Waals surface area (Å²) < 4.78 is 5.45. The highest BCUT2D eigenvalue weighted by Crippen LogP contribution is 2.76. The van der Waals surface area contributed by atoms with Crippen LogP contribution in [0.1, 0.15) is 113 Å². The number of rotatable bonds is 1. The van der Waals surface area contributed by atoms with Crippen LogP contribution in [0.2, 0.25) is 0 Å². The van der Waals surface area contributed by atoms with Gasteiger partial charge in [-0.15, -0.1) is 0 Å². The molecule has 0 aliphatic heterocycles. The highest BCUT2D eigenvalue weighted by atomic mass is 16.5. The van der Waals surface area contributed by atoms with E-state index >= 15 is 0 Å². The average molecular weight is 500 g/mol. The number of hydrogen-bond donors (Lipinski definition) is 1. The number of nitrogens with zero attached hydrogens (tertiary/aromatic N) is 1. The second-order valence-corrected chi connectivity index (χ2v) is 15.5. The first kappa shape index (κ1) is 26.2. The Labute approximate surface area is 218 Å². The number of Topliss-reactive ketones (excluding diaryl/α,β-unsaturated/α-hetero) is 1. The largest absolute Gasteiger partial charge is 0.469 e. The van der Waals surface area contributed by atoms with Crippen molar-refractivity contribution in [3.63, 3.8) is 0 Å². The highest BCUT2D eigenvalue weighted by molar-refractivity contribution is 5.91. The molecule has 0 aromatic carbocycles. The van der Waals surface area contributed by atoms with Gasteiger partial charge in [-0.05, 0) is 97.2 Å². The van der Waals surface area contributed by atoms with Gasteiger partial charge in [0, 0.05) is 17.8 Å². The number of methoxy groups -OCH3 is 1. The van der Waals surface area contributed by atoms with Gasteiger partial charge >= 0.3 is 5.97 Å². The maximum Gasteiger partial charge on any atom is 0.312 e. The third-order valence-electron chi connectivity index (χ3n) is 13.5. The molecular weight excluding hydrogens is 450 g/mol. The fourth-order valence-corrected chi connectivity index (χ4v) is 11.3. The second kappa shape index (κ2) is 7.82. The summed E-state index contributed by atoms with van der Waals surface area (Å²) in [5, 5.41) is 13.5. The molecule has 8 atom stereocenters. The Kier molecular flexibility index (Phi) is 5.70. The molecule has 0 saturated heterocycles. The van der Waals surface area contributed by atoms with E-state index in [1.165, 1.54) is 7.11 Å². The van der Waals surface area contributed by atoms with Crippen LogP contribution >= 0.6 is 0 Å². The van der Waals surface area contributed by atoms with Gasteiger partial charge in [0.15, 0.2) is 0 Å². The molecule has 5 aliphatic carbocycles. The molecule has 36 heavy (non-hydrogen) atoms. The van der Waals surface area contributed by atoms with Crippen LogP contribution in [-0.4, -0.2) is 29.8 Å². The van der Waals surface area contributed by atoms with Crippen LogP contribution in [0.4, 0.5) is 0 Å². The van der Waals surface area contributed by atoms with Gasteiger partial charge in [-0.1, -0.05) is 53.6 Å². The zero-order chi connectivity index (χ0) is 26.5. The zero-order valence-corrected chi connectivity index (χ0v) is 24.0. The Morgan fingerprint density at radius 3 is 2.22 bits per heavy atom. The maximum atomic E-state index is 14.4. The molecule has 5 saturated carbocycles. The number of hydrogen-bond acceptors (Lipinski definition) is 5. The number of fused-ring (bicyclic) bond motifs is 7. The summed E-state index contributed by atoms with van der Waals surface area (Å²) in [6.45, 7) is 16.5. The average Bonchev–Trinajstić information content (AvgIpc) is 2.79. The molecule has 5 nitrogen and oxygen atoms in total. The zero-order valence-electron chi connectivity index (χ0n) is 24.0. The van der Waals surface area contributed by atoms with Gasteiger partial charge in [0.25, 0.3) is 0 Å². The number of carbonyl (C=O) groups is 2. The molecule has 0 heterocycles. The summed E-state index contributed by atoms with van der Waals surface area (Å²) in [5.74, 6) is 1.04. The lowest BCUT2D eigenvalue weighted by molar-refractivity contribution is -0.232. The number of esters is 1. The van der Waals surface area contributed by atoms with E-state index in [1.54, 1.807) is 0 Å². The summed E-state index contributed by atoms with van der Waals surface area (Å²) in [5.41, 5.74) is 0.353. The quantitative estimate of drug-likeness (QED) is 0.238. The van der Waals surface area contributed by atoms with E-state index in [0.29, 0.717) is 24.0 Å². The van der Waals surface area contributed by atoms with Gasteiger partial charge in [0.05, 0.1) is 18.2 Å². The monoisotopic (exact) mass is 499 g/mol. The van der Waals surface area contributed by atoms with Crippen molar-refractivity contribution >= 4 is 17.5 Å². The van der Waals surface area contributed by atoms with Crippen molar-refractivity contribution in [1.82, 2.24) is 0 Å². The third-order valence-corrected chi connectivity index (χ3v) is 13.5. The lowest BCUT2D eigenvalue weighted by Gasteiger charge is -2.72.